The maximum atomic E-state index is 9.10. The summed E-state index contributed by atoms with van der Waals surface area (Å²) in [6, 6.07) is 11.1. The number of nitrogens with zero attached hydrogens (tertiary/aromatic N) is 2. The molecule has 0 N–H and O–H groups in total. The number of halogens is 1. The minimum absolute atomic E-state index is 0.0140. The first kappa shape index (κ1) is 14.2. The lowest BCUT2D eigenvalue weighted by Crippen LogP contribution is -2.20. The second-order valence-electron chi connectivity index (χ2n) is 5.05. The fourth-order valence-corrected chi connectivity index (χ4v) is 2.25. The molecule has 3 nitrogen and oxygen atoms in total. The highest BCUT2D eigenvalue weighted by molar-refractivity contribution is 6.30. The lowest BCUT2D eigenvalue weighted by atomic mass is 9.92. The van der Waals surface area contributed by atoms with Crippen molar-refractivity contribution in [2.45, 2.75) is 26.4 Å². The second kappa shape index (κ2) is 5.04. The van der Waals surface area contributed by atoms with Crippen molar-refractivity contribution in [3.05, 3.63) is 51.8 Å². The van der Waals surface area contributed by atoms with Gasteiger partial charge in [0, 0.05) is 10.6 Å². The zero-order chi connectivity index (χ0) is 14.9. The van der Waals surface area contributed by atoms with Gasteiger partial charge < -0.3 is 4.74 Å². The van der Waals surface area contributed by atoms with Crippen molar-refractivity contribution < 1.29 is 4.74 Å². The maximum absolute atomic E-state index is 9.10. The van der Waals surface area contributed by atoms with E-state index in [1.807, 2.05) is 45.0 Å². The average Bonchev–Trinajstić information content (AvgIpc) is 2.64. The van der Waals surface area contributed by atoms with Crippen molar-refractivity contribution in [1.82, 2.24) is 0 Å². The predicted octanol–water partition coefficient (Wildman–Crippen LogP) is 4.22. The van der Waals surface area contributed by atoms with Crippen molar-refractivity contribution in [2.75, 3.05) is 0 Å². The van der Waals surface area contributed by atoms with E-state index in [9.17, 15) is 0 Å². The molecule has 1 aromatic carbocycles. The Morgan fingerprint density at radius 2 is 1.70 bits per heavy atom. The largest absolute Gasteiger partial charge is 0.481 e. The molecule has 0 unspecified atom stereocenters. The molecule has 0 aliphatic carbocycles. The van der Waals surface area contributed by atoms with Crippen molar-refractivity contribution in [1.29, 1.82) is 10.5 Å². The van der Waals surface area contributed by atoms with Crippen molar-refractivity contribution >= 4 is 17.2 Å². The predicted molar refractivity (Wildman–Crippen MR) is 77.5 cm³/mol. The molecule has 0 fully saturated rings. The van der Waals surface area contributed by atoms with Gasteiger partial charge in [0.2, 0.25) is 0 Å². The number of benzene rings is 1. The normalized spacial score (nSPS) is 16.4. The van der Waals surface area contributed by atoms with Gasteiger partial charge in [-0.3, -0.25) is 0 Å². The maximum Gasteiger partial charge on any atom is 0.172 e. The van der Waals surface area contributed by atoms with E-state index in [1.54, 1.807) is 12.1 Å². The second-order valence-corrected chi connectivity index (χ2v) is 5.48. The van der Waals surface area contributed by atoms with Crippen LogP contribution in [0.4, 0.5) is 0 Å². The molecule has 0 spiro atoms. The van der Waals surface area contributed by atoms with Crippen LogP contribution < -0.4 is 0 Å². The number of rotatable bonds is 1. The highest BCUT2D eigenvalue weighted by Crippen LogP contribution is 2.44. The van der Waals surface area contributed by atoms with Crippen molar-refractivity contribution in [3.63, 3.8) is 0 Å². The van der Waals surface area contributed by atoms with Crippen molar-refractivity contribution in [3.8, 4) is 12.1 Å². The van der Waals surface area contributed by atoms with E-state index in [0.717, 1.165) is 16.7 Å². The molecule has 0 radical (unpaired) electrons. The van der Waals surface area contributed by atoms with Gasteiger partial charge >= 0.3 is 0 Å². The van der Waals surface area contributed by atoms with Crippen LogP contribution in [0, 0.1) is 22.7 Å². The van der Waals surface area contributed by atoms with E-state index in [-0.39, 0.29) is 5.57 Å². The summed E-state index contributed by atoms with van der Waals surface area (Å²) in [6.07, 6.45) is 0. The summed E-state index contributed by atoms with van der Waals surface area (Å²) in [5.74, 6) is 0.347. The standard InChI is InChI=1S/C16H13ClN2O/c1-10-14(11-4-6-13(17)7-5-11)15(12(8-18)9-19)20-16(10,2)3/h4-7H,1-3H3. The number of nitriles is 2. The molecule has 0 saturated carbocycles. The van der Waals surface area contributed by atoms with E-state index in [0.29, 0.717) is 10.8 Å². The van der Waals surface area contributed by atoms with Gasteiger partial charge in [-0.15, -0.1) is 0 Å². The lowest BCUT2D eigenvalue weighted by Gasteiger charge is -2.20. The van der Waals surface area contributed by atoms with Crippen LogP contribution in [0.5, 0.6) is 0 Å². The monoisotopic (exact) mass is 284 g/mol. The molecule has 2 rings (SSSR count). The van der Waals surface area contributed by atoms with Gasteiger partial charge in [-0.05, 0) is 44.0 Å². The minimum atomic E-state index is -0.538. The Morgan fingerprint density at radius 3 is 2.20 bits per heavy atom. The number of allylic oxidation sites excluding steroid dienone is 2. The Labute approximate surface area is 123 Å². The Morgan fingerprint density at radius 1 is 1.15 bits per heavy atom. The molecule has 20 heavy (non-hydrogen) atoms. The summed E-state index contributed by atoms with van der Waals surface area (Å²) in [5.41, 5.74) is 2.11. The summed E-state index contributed by atoms with van der Waals surface area (Å²) in [7, 11) is 0. The fourth-order valence-electron chi connectivity index (χ4n) is 2.12. The summed E-state index contributed by atoms with van der Waals surface area (Å²) in [4.78, 5) is 0. The Kier molecular flexibility index (Phi) is 3.57. The van der Waals surface area contributed by atoms with Crippen LogP contribution in [-0.4, -0.2) is 5.60 Å². The molecule has 0 amide bonds. The van der Waals surface area contributed by atoms with Crippen LogP contribution in [0.3, 0.4) is 0 Å². The average molecular weight is 285 g/mol. The van der Waals surface area contributed by atoms with E-state index in [4.69, 9.17) is 26.9 Å². The zero-order valence-electron chi connectivity index (χ0n) is 11.5. The number of hydrogen-bond acceptors (Lipinski definition) is 3. The Balaban J connectivity index is 2.71. The van der Waals surface area contributed by atoms with E-state index in [2.05, 4.69) is 0 Å². The molecule has 100 valence electrons. The van der Waals surface area contributed by atoms with Gasteiger partial charge in [0.25, 0.3) is 0 Å². The summed E-state index contributed by atoms with van der Waals surface area (Å²) in [6.45, 7) is 5.78. The first-order valence-corrected chi connectivity index (χ1v) is 6.49. The van der Waals surface area contributed by atoms with Crippen LogP contribution in [0.15, 0.2) is 41.2 Å². The minimum Gasteiger partial charge on any atom is -0.481 e. The summed E-state index contributed by atoms with van der Waals surface area (Å²) >= 11 is 5.90. The van der Waals surface area contributed by atoms with Crippen LogP contribution in [0.1, 0.15) is 26.3 Å². The summed E-state index contributed by atoms with van der Waals surface area (Å²) in [5, 5.41) is 18.8. The molecular formula is C16H13ClN2O. The number of hydrogen-bond donors (Lipinski definition) is 0. The smallest absolute Gasteiger partial charge is 0.172 e. The third-order valence-electron chi connectivity index (χ3n) is 3.45. The molecule has 0 atom stereocenters. The number of ether oxygens (including phenoxy) is 1. The van der Waals surface area contributed by atoms with Gasteiger partial charge in [-0.2, -0.15) is 10.5 Å². The first-order valence-electron chi connectivity index (χ1n) is 6.12. The molecule has 0 aromatic heterocycles. The molecule has 0 saturated heterocycles. The van der Waals surface area contributed by atoms with E-state index < -0.39 is 5.60 Å². The van der Waals surface area contributed by atoms with Gasteiger partial charge in [0.05, 0.1) is 0 Å². The molecular weight excluding hydrogens is 272 g/mol. The van der Waals surface area contributed by atoms with Crippen LogP contribution in [-0.2, 0) is 4.74 Å². The highest BCUT2D eigenvalue weighted by Gasteiger charge is 2.37. The van der Waals surface area contributed by atoms with Crippen molar-refractivity contribution in [2.24, 2.45) is 0 Å². The molecule has 1 aliphatic heterocycles. The lowest BCUT2D eigenvalue weighted by molar-refractivity contribution is 0.0938. The molecule has 1 aliphatic rings. The third-order valence-corrected chi connectivity index (χ3v) is 3.70. The van der Waals surface area contributed by atoms with Crippen LogP contribution in [0.2, 0.25) is 5.02 Å². The Hall–Kier alpha value is -2.23. The summed E-state index contributed by atoms with van der Waals surface area (Å²) < 4.78 is 5.83. The van der Waals surface area contributed by atoms with Gasteiger partial charge in [0.15, 0.2) is 11.3 Å². The van der Waals surface area contributed by atoms with E-state index >= 15 is 0 Å². The molecule has 1 aromatic rings. The third kappa shape index (κ3) is 2.29. The van der Waals surface area contributed by atoms with E-state index in [1.165, 1.54) is 0 Å². The highest BCUT2D eigenvalue weighted by atomic mass is 35.5. The van der Waals surface area contributed by atoms with Gasteiger partial charge in [0.1, 0.15) is 17.7 Å². The van der Waals surface area contributed by atoms with Crippen LogP contribution >= 0.6 is 11.6 Å². The SMILES string of the molecule is CC1=C(c2ccc(Cl)cc2)C(=C(C#N)C#N)OC1(C)C. The zero-order valence-corrected chi connectivity index (χ0v) is 12.2. The van der Waals surface area contributed by atoms with Gasteiger partial charge in [-0.1, -0.05) is 23.7 Å². The first-order chi connectivity index (χ1) is 9.40. The molecule has 4 heteroatoms. The quantitative estimate of drug-likeness (QED) is 0.725. The molecule has 1 heterocycles. The topological polar surface area (TPSA) is 56.8 Å². The van der Waals surface area contributed by atoms with Crippen LogP contribution in [0.25, 0.3) is 5.57 Å². The Bertz CT molecular complexity index is 681. The fraction of sp³-hybridized carbons (Fsp3) is 0.250. The van der Waals surface area contributed by atoms with Gasteiger partial charge in [-0.25, -0.2) is 0 Å². The molecule has 0 bridgehead atoms.